The first-order chi connectivity index (χ1) is 12.3. The molecule has 0 unspecified atom stereocenters. The van der Waals surface area contributed by atoms with Gasteiger partial charge in [0.25, 0.3) is 0 Å². The molecule has 0 N–H and O–H groups in total. The summed E-state index contributed by atoms with van der Waals surface area (Å²) in [5.41, 5.74) is 5.75. The van der Waals surface area contributed by atoms with Gasteiger partial charge in [0.05, 0.1) is 0 Å². The van der Waals surface area contributed by atoms with Crippen molar-refractivity contribution in [3.05, 3.63) is 89.4 Å². The molecule has 0 radical (unpaired) electrons. The second kappa shape index (κ2) is 6.95. The SMILES string of the molecule is Brc1ccc(-c2nnnc(-c3ccccc3)c2-c2ccccc2)cc1. The summed E-state index contributed by atoms with van der Waals surface area (Å²) in [5, 5.41) is 12.8. The molecule has 1 aromatic heterocycles. The minimum atomic E-state index is 0.826. The zero-order chi connectivity index (χ0) is 17.1. The number of hydrogen-bond acceptors (Lipinski definition) is 3. The van der Waals surface area contributed by atoms with E-state index in [9.17, 15) is 0 Å². The molecule has 4 aromatic rings. The van der Waals surface area contributed by atoms with Gasteiger partial charge in [-0.2, -0.15) is 0 Å². The highest BCUT2D eigenvalue weighted by Gasteiger charge is 2.17. The predicted octanol–water partition coefficient (Wildman–Crippen LogP) is 5.64. The molecule has 0 amide bonds. The molecule has 0 aliphatic heterocycles. The summed E-state index contributed by atoms with van der Waals surface area (Å²) in [4.78, 5) is 0. The van der Waals surface area contributed by atoms with Crippen LogP contribution in [0.25, 0.3) is 33.6 Å². The second-order valence-electron chi connectivity index (χ2n) is 5.60. The number of aromatic nitrogens is 3. The molecule has 0 aliphatic rings. The highest BCUT2D eigenvalue weighted by Crippen LogP contribution is 2.36. The standard InChI is InChI=1S/C21H14BrN3/c22-18-13-11-17(12-14-18)21-19(15-7-3-1-4-8-15)20(23-25-24-21)16-9-5-2-6-10-16/h1-14H. The average molecular weight is 388 g/mol. The fourth-order valence-electron chi connectivity index (χ4n) is 2.81. The lowest BCUT2D eigenvalue weighted by Crippen LogP contribution is -2.00. The number of rotatable bonds is 3. The maximum absolute atomic E-state index is 4.36. The molecule has 3 aromatic carbocycles. The van der Waals surface area contributed by atoms with E-state index in [1.165, 1.54) is 0 Å². The molecule has 4 heteroatoms. The average Bonchev–Trinajstić information content (AvgIpc) is 2.69. The van der Waals surface area contributed by atoms with E-state index in [4.69, 9.17) is 0 Å². The third kappa shape index (κ3) is 3.21. The van der Waals surface area contributed by atoms with E-state index in [0.717, 1.165) is 38.1 Å². The fraction of sp³-hybridized carbons (Fsp3) is 0. The Balaban J connectivity index is 2.00. The monoisotopic (exact) mass is 387 g/mol. The van der Waals surface area contributed by atoms with Crippen LogP contribution in [0.15, 0.2) is 89.4 Å². The molecule has 0 spiro atoms. The Morgan fingerprint density at radius 3 is 1.56 bits per heavy atom. The summed E-state index contributed by atoms with van der Waals surface area (Å²) >= 11 is 3.48. The predicted molar refractivity (Wildman–Crippen MR) is 104 cm³/mol. The first-order valence-electron chi connectivity index (χ1n) is 7.93. The van der Waals surface area contributed by atoms with Gasteiger partial charge in [-0.25, -0.2) is 0 Å². The van der Waals surface area contributed by atoms with Gasteiger partial charge in [-0.15, -0.1) is 10.2 Å². The Morgan fingerprint density at radius 1 is 0.520 bits per heavy atom. The maximum Gasteiger partial charge on any atom is 0.105 e. The molecule has 25 heavy (non-hydrogen) atoms. The molecule has 0 bridgehead atoms. The van der Waals surface area contributed by atoms with Gasteiger partial charge in [-0.1, -0.05) is 88.7 Å². The molecule has 0 saturated carbocycles. The number of nitrogens with zero attached hydrogens (tertiary/aromatic N) is 3. The summed E-state index contributed by atoms with van der Waals surface area (Å²) in [6, 6.07) is 28.4. The number of benzene rings is 3. The van der Waals surface area contributed by atoms with Crippen molar-refractivity contribution < 1.29 is 0 Å². The molecule has 3 nitrogen and oxygen atoms in total. The zero-order valence-electron chi connectivity index (χ0n) is 13.3. The van der Waals surface area contributed by atoms with Gasteiger partial charge >= 0.3 is 0 Å². The van der Waals surface area contributed by atoms with Crippen molar-refractivity contribution in [2.75, 3.05) is 0 Å². The smallest absolute Gasteiger partial charge is 0.105 e. The van der Waals surface area contributed by atoms with Crippen LogP contribution in [0.2, 0.25) is 0 Å². The van der Waals surface area contributed by atoms with E-state index in [-0.39, 0.29) is 0 Å². The van der Waals surface area contributed by atoms with Crippen LogP contribution in [0.5, 0.6) is 0 Å². The van der Waals surface area contributed by atoms with Crippen molar-refractivity contribution in [1.29, 1.82) is 0 Å². The lowest BCUT2D eigenvalue weighted by Gasteiger charge is -2.13. The summed E-state index contributed by atoms with van der Waals surface area (Å²) in [7, 11) is 0. The van der Waals surface area contributed by atoms with Crippen molar-refractivity contribution in [1.82, 2.24) is 15.4 Å². The maximum atomic E-state index is 4.36. The van der Waals surface area contributed by atoms with Crippen LogP contribution >= 0.6 is 15.9 Å². The minimum absolute atomic E-state index is 0.826. The van der Waals surface area contributed by atoms with Crippen LogP contribution in [-0.2, 0) is 0 Å². The molecule has 4 rings (SSSR count). The van der Waals surface area contributed by atoms with E-state index >= 15 is 0 Å². The van der Waals surface area contributed by atoms with E-state index in [1.54, 1.807) is 0 Å². The van der Waals surface area contributed by atoms with Crippen LogP contribution in [-0.4, -0.2) is 15.4 Å². The zero-order valence-corrected chi connectivity index (χ0v) is 14.9. The first kappa shape index (κ1) is 15.7. The van der Waals surface area contributed by atoms with Gasteiger partial charge in [0.1, 0.15) is 11.4 Å². The summed E-state index contributed by atoms with van der Waals surface area (Å²) in [5.74, 6) is 0. The third-order valence-electron chi connectivity index (χ3n) is 3.99. The number of halogens is 1. The van der Waals surface area contributed by atoms with Crippen molar-refractivity contribution in [3.63, 3.8) is 0 Å². The van der Waals surface area contributed by atoms with Crippen LogP contribution in [0.4, 0.5) is 0 Å². The molecule has 120 valence electrons. The van der Waals surface area contributed by atoms with Crippen molar-refractivity contribution in [2.24, 2.45) is 0 Å². The topological polar surface area (TPSA) is 38.7 Å². The van der Waals surface area contributed by atoms with E-state index in [1.807, 2.05) is 72.8 Å². The van der Waals surface area contributed by atoms with Crippen molar-refractivity contribution >= 4 is 15.9 Å². The molecule has 0 atom stereocenters. The summed E-state index contributed by atoms with van der Waals surface area (Å²) < 4.78 is 1.03. The Labute approximate surface area is 154 Å². The van der Waals surface area contributed by atoms with Gasteiger partial charge in [0.2, 0.25) is 0 Å². The van der Waals surface area contributed by atoms with Crippen LogP contribution < -0.4 is 0 Å². The van der Waals surface area contributed by atoms with Crippen molar-refractivity contribution in [2.45, 2.75) is 0 Å². The molecule has 0 saturated heterocycles. The van der Waals surface area contributed by atoms with Crippen molar-refractivity contribution in [3.8, 4) is 33.6 Å². The van der Waals surface area contributed by atoms with Gasteiger partial charge in [-0.3, -0.25) is 0 Å². The Kier molecular flexibility index (Phi) is 4.36. The lowest BCUT2D eigenvalue weighted by atomic mass is 9.95. The highest BCUT2D eigenvalue weighted by atomic mass is 79.9. The largest absolute Gasteiger partial charge is 0.129 e. The van der Waals surface area contributed by atoms with Gasteiger partial charge < -0.3 is 0 Å². The fourth-order valence-corrected chi connectivity index (χ4v) is 3.07. The Morgan fingerprint density at radius 2 is 1.00 bits per heavy atom. The summed E-state index contributed by atoms with van der Waals surface area (Å²) in [6.07, 6.45) is 0. The Bertz CT molecular complexity index is 985. The molecule has 0 aliphatic carbocycles. The highest BCUT2D eigenvalue weighted by molar-refractivity contribution is 9.10. The molecule has 0 fully saturated rings. The van der Waals surface area contributed by atoms with E-state index in [0.29, 0.717) is 0 Å². The van der Waals surface area contributed by atoms with Gasteiger partial charge in [0.15, 0.2) is 0 Å². The van der Waals surface area contributed by atoms with Crippen LogP contribution in [0.1, 0.15) is 0 Å². The number of hydrogen-bond donors (Lipinski definition) is 0. The quantitative estimate of drug-likeness (QED) is 0.456. The first-order valence-corrected chi connectivity index (χ1v) is 8.72. The normalized spacial score (nSPS) is 10.6. The Hall–Kier alpha value is -2.85. The minimum Gasteiger partial charge on any atom is -0.129 e. The van der Waals surface area contributed by atoms with Gasteiger partial charge in [-0.05, 0) is 22.9 Å². The van der Waals surface area contributed by atoms with Crippen LogP contribution in [0, 0.1) is 0 Å². The second-order valence-corrected chi connectivity index (χ2v) is 6.52. The van der Waals surface area contributed by atoms with E-state index in [2.05, 4.69) is 43.5 Å². The molecular weight excluding hydrogens is 374 g/mol. The lowest BCUT2D eigenvalue weighted by molar-refractivity contribution is 0.878. The summed E-state index contributed by atoms with van der Waals surface area (Å²) in [6.45, 7) is 0. The molecule has 1 heterocycles. The van der Waals surface area contributed by atoms with Crippen LogP contribution in [0.3, 0.4) is 0 Å². The molecular formula is C21H14BrN3. The van der Waals surface area contributed by atoms with Gasteiger partial charge in [0, 0.05) is 21.2 Å². The third-order valence-corrected chi connectivity index (χ3v) is 4.52. The van der Waals surface area contributed by atoms with E-state index < -0.39 is 0 Å².